The van der Waals surface area contributed by atoms with E-state index in [1.165, 1.54) is 18.2 Å². The molecule has 2 atom stereocenters. The van der Waals surface area contributed by atoms with Gasteiger partial charge in [0.25, 0.3) is 0 Å². The van der Waals surface area contributed by atoms with E-state index in [0.29, 0.717) is 11.3 Å². The van der Waals surface area contributed by atoms with E-state index in [1.54, 1.807) is 38.4 Å². The molecule has 0 spiro atoms. The molecule has 0 aliphatic rings. The van der Waals surface area contributed by atoms with E-state index >= 15 is 4.39 Å². The van der Waals surface area contributed by atoms with Crippen molar-refractivity contribution in [3.63, 3.8) is 0 Å². The number of nitrogens with zero attached hydrogens (tertiary/aromatic N) is 5. The van der Waals surface area contributed by atoms with Crippen LogP contribution in [0.15, 0.2) is 48.5 Å². The molecule has 0 unspecified atom stereocenters. The minimum absolute atomic E-state index is 0.0144. The number of aryl methyl sites for hydroxylation is 1. The predicted octanol–water partition coefficient (Wildman–Crippen LogP) is 5.99. The van der Waals surface area contributed by atoms with Crippen molar-refractivity contribution in [2.24, 2.45) is 7.05 Å². The number of ether oxygens (including phenoxy) is 1. The molecule has 0 saturated heterocycles. The highest BCUT2D eigenvalue weighted by molar-refractivity contribution is 5.93. The maximum absolute atomic E-state index is 15.3. The van der Waals surface area contributed by atoms with Crippen molar-refractivity contribution in [2.75, 3.05) is 29.6 Å². The Hall–Kier alpha value is -4.92. The van der Waals surface area contributed by atoms with Crippen LogP contribution >= 0.6 is 0 Å². The maximum atomic E-state index is 15.3. The first kappa shape index (κ1) is 30.0. The number of amides is 1. The third-order valence-corrected chi connectivity index (χ3v) is 6.36. The van der Waals surface area contributed by atoms with Crippen molar-refractivity contribution in [1.82, 2.24) is 20.1 Å². The summed E-state index contributed by atoms with van der Waals surface area (Å²) < 4.78 is 36.6. The van der Waals surface area contributed by atoms with Gasteiger partial charge in [-0.1, -0.05) is 12.1 Å². The molecule has 10 nitrogen and oxygen atoms in total. The van der Waals surface area contributed by atoms with Crippen molar-refractivity contribution < 1.29 is 18.3 Å². The summed E-state index contributed by atoms with van der Waals surface area (Å²) in [6.07, 6.45) is -0.684. The van der Waals surface area contributed by atoms with Crippen LogP contribution in [-0.4, -0.2) is 46.6 Å². The van der Waals surface area contributed by atoms with E-state index in [9.17, 15) is 14.4 Å². The van der Waals surface area contributed by atoms with Gasteiger partial charge in [0.15, 0.2) is 23.3 Å². The van der Waals surface area contributed by atoms with Crippen molar-refractivity contribution in [2.45, 2.75) is 45.4 Å². The van der Waals surface area contributed by atoms with Crippen LogP contribution < -0.4 is 20.9 Å². The summed E-state index contributed by atoms with van der Waals surface area (Å²) in [5, 5.41) is 24.0. The topological polar surface area (TPSA) is 120 Å². The molecule has 4 rings (SSSR count). The molecule has 42 heavy (non-hydrogen) atoms. The number of rotatable bonds is 8. The van der Waals surface area contributed by atoms with Crippen LogP contribution in [0.5, 0.6) is 0 Å². The lowest BCUT2D eigenvalue weighted by atomic mass is 10.00. The maximum Gasteiger partial charge on any atom is 0.407 e. The monoisotopic (exact) mass is 576 g/mol. The molecule has 2 aromatic heterocycles. The van der Waals surface area contributed by atoms with Gasteiger partial charge in [-0.05, 0) is 69.7 Å². The molecule has 3 N–H and O–H groups in total. The lowest BCUT2D eigenvalue weighted by Gasteiger charge is -2.29. The second-order valence-electron chi connectivity index (χ2n) is 11.1. The molecule has 2 aromatic carbocycles. The van der Waals surface area contributed by atoms with E-state index in [4.69, 9.17) is 4.74 Å². The normalized spacial score (nSPS) is 12.8. The van der Waals surface area contributed by atoms with Crippen molar-refractivity contribution in [3.8, 4) is 6.07 Å². The van der Waals surface area contributed by atoms with E-state index < -0.39 is 35.4 Å². The van der Waals surface area contributed by atoms with Crippen molar-refractivity contribution in [3.05, 3.63) is 71.3 Å². The Morgan fingerprint density at radius 3 is 2.50 bits per heavy atom. The molecule has 1 amide bonds. The van der Waals surface area contributed by atoms with Gasteiger partial charge in [0.1, 0.15) is 17.5 Å². The number of carbonyl (C=O) groups is 1. The number of carbonyl (C=O) groups excluding carboxylic acids is 1. The Kier molecular flexibility index (Phi) is 8.51. The molecule has 0 radical (unpaired) electrons. The van der Waals surface area contributed by atoms with Crippen LogP contribution in [0.1, 0.15) is 44.9 Å². The molecule has 220 valence electrons. The van der Waals surface area contributed by atoms with Crippen LogP contribution in [0.2, 0.25) is 0 Å². The quantitative estimate of drug-likeness (QED) is 0.234. The molecule has 0 aliphatic carbocycles. The zero-order valence-corrected chi connectivity index (χ0v) is 24.6. The van der Waals surface area contributed by atoms with E-state index in [1.807, 2.05) is 50.3 Å². The fourth-order valence-corrected chi connectivity index (χ4v) is 4.48. The Balaban J connectivity index is 1.69. The second kappa shape index (κ2) is 11.9. The number of hydrogen-bond donors (Lipinski definition) is 3. The number of halogens is 2. The fraction of sp³-hybridized carbons (Fsp3) is 0.333. The Bertz CT molecular complexity index is 1660. The summed E-state index contributed by atoms with van der Waals surface area (Å²) in [4.78, 5) is 18.8. The Labute approximate surface area is 243 Å². The highest BCUT2D eigenvalue weighted by atomic mass is 19.1. The van der Waals surface area contributed by atoms with Gasteiger partial charge in [-0.25, -0.2) is 18.6 Å². The van der Waals surface area contributed by atoms with Gasteiger partial charge in [0.2, 0.25) is 0 Å². The molecule has 0 bridgehead atoms. The zero-order chi connectivity index (χ0) is 30.8. The number of anilines is 4. The first-order chi connectivity index (χ1) is 19.8. The first-order valence-corrected chi connectivity index (χ1v) is 13.3. The highest BCUT2D eigenvalue weighted by Gasteiger charge is 2.26. The average molecular weight is 577 g/mol. The van der Waals surface area contributed by atoms with Crippen molar-refractivity contribution in [1.29, 1.82) is 5.26 Å². The summed E-state index contributed by atoms with van der Waals surface area (Å²) in [5.41, 5.74) is 1.21. The third-order valence-electron chi connectivity index (χ3n) is 6.36. The number of nitrogens with one attached hydrogen (secondary N) is 3. The molecular weight excluding hydrogens is 542 g/mol. The second-order valence-corrected chi connectivity index (χ2v) is 11.1. The number of hydrogen-bond acceptors (Lipinski definition) is 8. The fourth-order valence-electron chi connectivity index (χ4n) is 4.48. The van der Waals surface area contributed by atoms with Crippen LogP contribution in [0.3, 0.4) is 0 Å². The number of pyridine rings is 1. The number of alkyl carbamates (subject to hydrolysis) is 1. The Morgan fingerprint density at radius 2 is 1.86 bits per heavy atom. The van der Waals surface area contributed by atoms with Crippen LogP contribution in [0, 0.1) is 23.0 Å². The van der Waals surface area contributed by atoms with E-state index in [-0.39, 0.29) is 17.2 Å². The summed E-state index contributed by atoms with van der Waals surface area (Å²) in [6.45, 7) is 6.88. The summed E-state index contributed by atoms with van der Waals surface area (Å²) in [5.74, 6) is -0.611. The minimum atomic E-state index is -0.814. The lowest BCUT2D eigenvalue weighted by molar-refractivity contribution is 0.0503. The summed E-state index contributed by atoms with van der Waals surface area (Å²) >= 11 is 0. The smallest absolute Gasteiger partial charge is 0.407 e. The van der Waals surface area contributed by atoms with E-state index in [2.05, 4.69) is 26.0 Å². The molecule has 0 aliphatic heterocycles. The molecule has 0 fully saturated rings. The number of fused-ring (bicyclic) bond motifs is 1. The predicted molar refractivity (Wildman–Crippen MR) is 159 cm³/mol. The minimum Gasteiger partial charge on any atom is -0.444 e. The van der Waals surface area contributed by atoms with Crippen LogP contribution in [0.25, 0.3) is 10.9 Å². The molecular formula is C30H34F2N8O2. The van der Waals surface area contributed by atoms with Crippen molar-refractivity contribution >= 4 is 40.1 Å². The standard InChI is InChI=1S/C30H34F2N8O2/c1-17(34-29(41)42-30(2,3)4)25(18-9-8-10-20(31)13-18)36-27-23(32)14-19(16-33)26(37-27)35-21-11-12-24-22(15-21)28(39(5)6)38-40(24)7/h8-15,17,25H,1-7H3,(H,34,41)(H2,35,36,37)/t17-,25-/m0/s1. The van der Waals surface area contributed by atoms with Gasteiger partial charge in [-0.2, -0.15) is 10.4 Å². The third kappa shape index (κ3) is 6.86. The molecule has 4 aromatic rings. The lowest BCUT2D eigenvalue weighted by Crippen LogP contribution is -2.42. The van der Waals surface area contributed by atoms with Crippen LogP contribution in [0.4, 0.5) is 36.7 Å². The number of benzene rings is 2. The SMILES string of the molecule is C[C@H](NC(=O)OC(C)(C)C)[C@H](Nc1nc(Nc2ccc3c(c2)c(N(C)C)nn3C)c(C#N)cc1F)c1cccc(F)c1. The highest BCUT2D eigenvalue weighted by Crippen LogP contribution is 2.31. The van der Waals surface area contributed by atoms with Gasteiger partial charge in [-0.3, -0.25) is 4.68 Å². The van der Waals surface area contributed by atoms with E-state index in [0.717, 1.165) is 22.8 Å². The van der Waals surface area contributed by atoms with Gasteiger partial charge in [0.05, 0.1) is 23.2 Å². The first-order valence-electron chi connectivity index (χ1n) is 13.3. The molecule has 12 heteroatoms. The summed E-state index contributed by atoms with van der Waals surface area (Å²) in [7, 11) is 5.63. The number of aromatic nitrogens is 3. The summed E-state index contributed by atoms with van der Waals surface area (Å²) in [6, 6.07) is 12.9. The van der Waals surface area contributed by atoms with Gasteiger partial charge < -0.3 is 25.6 Å². The Morgan fingerprint density at radius 1 is 1.12 bits per heavy atom. The zero-order valence-electron chi connectivity index (χ0n) is 24.6. The van der Waals surface area contributed by atoms with Crippen LogP contribution in [-0.2, 0) is 11.8 Å². The largest absolute Gasteiger partial charge is 0.444 e. The molecule has 2 heterocycles. The average Bonchev–Trinajstić information content (AvgIpc) is 3.23. The van der Waals surface area contributed by atoms with Gasteiger partial charge in [-0.15, -0.1) is 0 Å². The number of nitriles is 1. The molecule has 0 saturated carbocycles. The van der Waals surface area contributed by atoms with Gasteiger partial charge >= 0.3 is 6.09 Å². The van der Waals surface area contributed by atoms with Gasteiger partial charge in [0, 0.05) is 32.2 Å².